The van der Waals surface area contributed by atoms with E-state index in [0.29, 0.717) is 16.6 Å². The number of aromatic carboxylic acids is 1. The molecule has 0 fully saturated rings. The van der Waals surface area contributed by atoms with Crippen LogP contribution in [0, 0.1) is 12.3 Å². The van der Waals surface area contributed by atoms with Gasteiger partial charge in [0.1, 0.15) is 0 Å². The Bertz CT molecular complexity index is 537. The molecule has 0 radical (unpaired) electrons. The van der Waals surface area contributed by atoms with E-state index in [1.807, 2.05) is 6.92 Å². The summed E-state index contributed by atoms with van der Waals surface area (Å²) in [5.41, 5.74) is 0.451. The van der Waals surface area contributed by atoms with Crippen LogP contribution < -0.4 is 10.6 Å². The van der Waals surface area contributed by atoms with Crippen LogP contribution >= 0.6 is 15.9 Å². The number of carboxylic acids is 1. The van der Waals surface area contributed by atoms with E-state index in [2.05, 4.69) is 32.5 Å². The highest BCUT2D eigenvalue weighted by atomic mass is 79.9. The summed E-state index contributed by atoms with van der Waals surface area (Å²) in [6.45, 7) is 1.85. The maximum absolute atomic E-state index is 11.6. The minimum Gasteiger partial charge on any atom is -0.478 e. The molecule has 3 N–H and O–H groups in total. The molecule has 0 saturated heterocycles. The topological polar surface area (TPSA) is 78.4 Å². The molecule has 0 saturated carbocycles. The number of carboxylic acid groups (broad SMARTS) is 1. The molecule has 1 atom stereocenters. The van der Waals surface area contributed by atoms with Crippen LogP contribution in [0.4, 0.5) is 10.5 Å². The number of anilines is 1. The molecule has 0 spiro atoms. The van der Waals surface area contributed by atoms with Crippen molar-refractivity contribution in [1.82, 2.24) is 5.32 Å². The number of terminal acetylenes is 1. The van der Waals surface area contributed by atoms with Crippen molar-refractivity contribution >= 4 is 33.6 Å². The van der Waals surface area contributed by atoms with Crippen LogP contribution in [-0.2, 0) is 0 Å². The number of rotatable bonds is 4. The predicted octanol–water partition coefficient (Wildman–Crippen LogP) is 2.68. The molecule has 1 unspecified atom stereocenters. The van der Waals surface area contributed by atoms with Crippen molar-refractivity contribution in [3.63, 3.8) is 0 Å². The van der Waals surface area contributed by atoms with Crippen molar-refractivity contribution < 1.29 is 14.7 Å². The van der Waals surface area contributed by atoms with E-state index in [1.165, 1.54) is 6.07 Å². The van der Waals surface area contributed by atoms with Gasteiger partial charge in [0.25, 0.3) is 0 Å². The van der Waals surface area contributed by atoms with Gasteiger partial charge in [0.2, 0.25) is 0 Å². The quantitative estimate of drug-likeness (QED) is 0.745. The summed E-state index contributed by atoms with van der Waals surface area (Å²) >= 11 is 3.12. The van der Waals surface area contributed by atoms with Gasteiger partial charge in [0.15, 0.2) is 0 Å². The monoisotopic (exact) mass is 324 g/mol. The largest absolute Gasteiger partial charge is 0.478 e. The number of hydrogen-bond acceptors (Lipinski definition) is 2. The van der Waals surface area contributed by atoms with Crippen molar-refractivity contribution in [2.75, 3.05) is 5.32 Å². The summed E-state index contributed by atoms with van der Waals surface area (Å²) in [6.07, 6.45) is 5.85. The number of carbonyl (C=O) groups excluding carboxylic acids is 1. The van der Waals surface area contributed by atoms with Crippen molar-refractivity contribution in [2.45, 2.75) is 19.4 Å². The smallest absolute Gasteiger partial charge is 0.336 e. The standard InChI is InChI=1S/C13H13BrN2O3/c1-3-8(4-2)15-13(19)16-9-5-6-11(14)10(7-9)12(17)18/h1,5-8H,4H2,2H3,(H,17,18)(H2,15,16,19). The first-order valence-corrected chi connectivity index (χ1v) is 6.33. The average molecular weight is 325 g/mol. The van der Waals surface area contributed by atoms with Gasteiger partial charge in [-0.3, -0.25) is 0 Å². The molecule has 1 aromatic carbocycles. The Morgan fingerprint density at radius 1 is 1.53 bits per heavy atom. The highest BCUT2D eigenvalue weighted by molar-refractivity contribution is 9.10. The highest BCUT2D eigenvalue weighted by Gasteiger charge is 2.11. The number of benzene rings is 1. The molecule has 0 aromatic heterocycles. The van der Waals surface area contributed by atoms with Gasteiger partial charge in [-0.2, -0.15) is 0 Å². The molecule has 0 bridgehead atoms. The number of urea groups is 1. The molecular weight excluding hydrogens is 312 g/mol. The van der Waals surface area contributed by atoms with Crippen LogP contribution in [0.15, 0.2) is 22.7 Å². The van der Waals surface area contributed by atoms with Crippen LogP contribution in [0.3, 0.4) is 0 Å². The lowest BCUT2D eigenvalue weighted by Crippen LogP contribution is -2.36. The fraction of sp³-hybridized carbons (Fsp3) is 0.231. The second-order valence-electron chi connectivity index (χ2n) is 3.73. The van der Waals surface area contributed by atoms with E-state index in [9.17, 15) is 9.59 Å². The molecular formula is C13H13BrN2O3. The van der Waals surface area contributed by atoms with E-state index in [0.717, 1.165) is 0 Å². The second-order valence-corrected chi connectivity index (χ2v) is 4.58. The lowest BCUT2D eigenvalue weighted by Gasteiger charge is -2.12. The Kier molecular flexibility index (Phi) is 5.39. The van der Waals surface area contributed by atoms with E-state index in [4.69, 9.17) is 11.5 Å². The second kappa shape index (κ2) is 6.81. The number of carbonyl (C=O) groups is 2. The molecule has 100 valence electrons. The van der Waals surface area contributed by atoms with Crippen LogP contribution in [0.1, 0.15) is 23.7 Å². The van der Waals surface area contributed by atoms with Crippen LogP contribution in [0.2, 0.25) is 0 Å². The summed E-state index contributed by atoms with van der Waals surface area (Å²) in [5.74, 6) is 1.36. The molecule has 19 heavy (non-hydrogen) atoms. The molecule has 0 aliphatic carbocycles. The summed E-state index contributed by atoms with van der Waals surface area (Å²) in [4.78, 5) is 22.6. The Labute approximate surface area is 119 Å². The van der Waals surface area contributed by atoms with Gasteiger partial charge in [-0.25, -0.2) is 9.59 Å². The zero-order valence-electron chi connectivity index (χ0n) is 10.2. The van der Waals surface area contributed by atoms with Crippen LogP contribution in [-0.4, -0.2) is 23.1 Å². The Balaban J connectivity index is 2.78. The molecule has 5 nitrogen and oxygen atoms in total. The number of nitrogens with one attached hydrogen (secondary N) is 2. The normalized spacial score (nSPS) is 11.2. The Morgan fingerprint density at radius 2 is 2.21 bits per heavy atom. The van der Waals surface area contributed by atoms with E-state index in [1.54, 1.807) is 12.1 Å². The SMILES string of the molecule is C#CC(CC)NC(=O)Nc1ccc(Br)c(C(=O)O)c1. The van der Waals surface area contributed by atoms with Crippen molar-refractivity contribution in [3.8, 4) is 12.3 Å². The first-order valence-electron chi connectivity index (χ1n) is 5.54. The van der Waals surface area contributed by atoms with E-state index < -0.39 is 12.0 Å². The first kappa shape index (κ1) is 15.1. The maximum atomic E-state index is 11.6. The van der Waals surface area contributed by atoms with Crippen LogP contribution in [0.25, 0.3) is 0 Å². The lowest BCUT2D eigenvalue weighted by atomic mass is 10.2. The summed E-state index contributed by atoms with van der Waals surface area (Å²) in [7, 11) is 0. The van der Waals surface area contributed by atoms with Gasteiger partial charge < -0.3 is 15.7 Å². The van der Waals surface area contributed by atoms with Crippen molar-refractivity contribution in [3.05, 3.63) is 28.2 Å². The fourth-order valence-electron chi connectivity index (χ4n) is 1.35. The van der Waals surface area contributed by atoms with Crippen molar-refractivity contribution in [1.29, 1.82) is 0 Å². The Hall–Kier alpha value is -2.00. The summed E-state index contributed by atoms with van der Waals surface area (Å²) in [5, 5.41) is 14.1. The van der Waals surface area contributed by atoms with E-state index >= 15 is 0 Å². The minimum absolute atomic E-state index is 0.0711. The lowest BCUT2D eigenvalue weighted by molar-refractivity contribution is 0.0696. The van der Waals surface area contributed by atoms with E-state index in [-0.39, 0.29) is 11.6 Å². The zero-order chi connectivity index (χ0) is 14.4. The first-order chi connectivity index (χ1) is 8.97. The number of hydrogen-bond donors (Lipinski definition) is 3. The van der Waals surface area contributed by atoms with Gasteiger partial charge in [-0.05, 0) is 40.5 Å². The van der Waals surface area contributed by atoms with Gasteiger partial charge >= 0.3 is 12.0 Å². The molecule has 6 heteroatoms. The molecule has 0 heterocycles. The van der Waals surface area contributed by atoms with Gasteiger partial charge in [0, 0.05) is 10.2 Å². The Morgan fingerprint density at radius 3 is 2.74 bits per heavy atom. The van der Waals surface area contributed by atoms with Crippen LogP contribution in [0.5, 0.6) is 0 Å². The fourth-order valence-corrected chi connectivity index (χ4v) is 1.77. The molecule has 0 aliphatic rings. The predicted molar refractivity (Wildman–Crippen MR) is 76.2 cm³/mol. The van der Waals surface area contributed by atoms with Gasteiger partial charge in [0.05, 0.1) is 11.6 Å². The minimum atomic E-state index is -1.08. The molecule has 1 aromatic rings. The number of halogens is 1. The third-order valence-electron chi connectivity index (χ3n) is 2.37. The van der Waals surface area contributed by atoms with Crippen molar-refractivity contribution in [2.24, 2.45) is 0 Å². The third kappa shape index (κ3) is 4.30. The summed E-state index contributed by atoms with van der Waals surface area (Å²) < 4.78 is 0.445. The maximum Gasteiger partial charge on any atom is 0.336 e. The average Bonchev–Trinajstić information content (AvgIpc) is 2.37. The third-order valence-corrected chi connectivity index (χ3v) is 3.06. The number of amides is 2. The molecule has 2 amide bonds. The molecule has 0 aliphatic heterocycles. The molecule has 1 rings (SSSR count). The zero-order valence-corrected chi connectivity index (χ0v) is 11.8. The van der Waals surface area contributed by atoms with Gasteiger partial charge in [-0.15, -0.1) is 6.42 Å². The highest BCUT2D eigenvalue weighted by Crippen LogP contribution is 2.21. The van der Waals surface area contributed by atoms with Gasteiger partial charge in [-0.1, -0.05) is 12.8 Å². The summed E-state index contributed by atoms with van der Waals surface area (Å²) in [6, 6.07) is 3.69.